The lowest BCUT2D eigenvalue weighted by Gasteiger charge is -2.05. The van der Waals surface area contributed by atoms with Gasteiger partial charge in [-0.1, -0.05) is 12.1 Å². The quantitative estimate of drug-likeness (QED) is 0.876. The van der Waals surface area contributed by atoms with E-state index in [1.165, 1.54) is 11.8 Å². The molecule has 1 aromatic heterocycles. The summed E-state index contributed by atoms with van der Waals surface area (Å²) < 4.78 is 5.50. The summed E-state index contributed by atoms with van der Waals surface area (Å²) in [5, 5.41) is 8.95. The Hall–Kier alpha value is -2.36. The van der Waals surface area contributed by atoms with Crippen molar-refractivity contribution in [1.82, 2.24) is 4.98 Å². The van der Waals surface area contributed by atoms with E-state index in [2.05, 4.69) is 4.98 Å². The molecule has 1 aliphatic rings. The number of carbonyl (C=O) groups is 1. The zero-order chi connectivity index (χ0) is 12.5. The molecule has 90 valence electrons. The largest absolute Gasteiger partial charge is 0.493 e. The number of aromatic nitrogens is 1. The Morgan fingerprint density at radius 3 is 2.94 bits per heavy atom. The number of hydrogen-bond acceptors (Lipinski definition) is 3. The molecule has 0 aliphatic carbocycles. The number of carboxylic acids is 1. The lowest BCUT2D eigenvalue weighted by molar-refractivity contribution is 0.0696. The summed E-state index contributed by atoms with van der Waals surface area (Å²) in [5.41, 5.74) is 3.09. The van der Waals surface area contributed by atoms with Crippen LogP contribution in [0.15, 0.2) is 36.7 Å². The van der Waals surface area contributed by atoms with Crippen LogP contribution >= 0.6 is 0 Å². The van der Waals surface area contributed by atoms with Gasteiger partial charge in [0, 0.05) is 24.4 Å². The Kier molecular flexibility index (Phi) is 2.48. The average molecular weight is 241 g/mol. The Bertz CT molecular complexity index is 622. The van der Waals surface area contributed by atoms with Crippen LogP contribution in [-0.2, 0) is 6.42 Å². The maximum Gasteiger partial charge on any atom is 0.337 e. The van der Waals surface area contributed by atoms with E-state index in [4.69, 9.17) is 9.84 Å². The molecule has 0 bridgehead atoms. The van der Waals surface area contributed by atoms with Crippen LogP contribution in [0.1, 0.15) is 15.9 Å². The van der Waals surface area contributed by atoms with Crippen LogP contribution in [0.25, 0.3) is 11.1 Å². The first-order valence-corrected chi connectivity index (χ1v) is 5.68. The van der Waals surface area contributed by atoms with Gasteiger partial charge in [0.15, 0.2) is 0 Å². The van der Waals surface area contributed by atoms with Gasteiger partial charge in [-0.3, -0.25) is 4.98 Å². The van der Waals surface area contributed by atoms with Gasteiger partial charge in [0.25, 0.3) is 0 Å². The molecular weight excluding hydrogens is 230 g/mol. The number of pyridine rings is 1. The van der Waals surface area contributed by atoms with Crippen LogP contribution in [0.4, 0.5) is 0 Å². The highest BCUT2D eigenvalue weighted by Crippen LogP contribution is 2.30. The van der Waals surface area contributed by atoms with Crippen molar-refractivity contribution in [2.75, 3.05) is 6.61 Å². The zero-order valence-corrected chi connectivity index (χ0v) is 9.59. The number of aromatic carboxylic acids is 1. The highest BCUT2D eigenvalue weighted by molar-refractivity contribution is 5.88. The molecule has 4 nitrogen and oxygen atoms in total. The van der Waals surface area contributed by atoms with Crippen LogP contribution < -0.4 is 4.74 Å². The second kappa shape index (κ2) is 4.14. The van der Waals surface area contributed by atoms with Crippen molar-refractivity contribution in [3.63, 3.8) is 0 Å². The number of benzene rings is 1. The fraction of sp³-hybridized carbons (Fsp3) is 0.143. The summed E-state index contributed by atoms with van der Waals surface area (Å²) in [6.07, 6.45) is 3.93. The number of fused-ring (bicyclic) bond motifs is 1. The molecule has 18 heavy (non-hydrogen) atoms. The van der Waals surface area contributed by atoms with Crippen LogP contribution in [0.5, 0.6) is 5.75 Å². The van der Waals surface area contributed by atoms with Gasteiger partial charge in [0.1, 0.15) is 5.75 Å². The van der Waals surface area contributed by atoms with E-state index in [1.807, 2.05) is 18.2 Å². The Morgan fingerprint density at radius 2 is 2.11 bits per heavy atom. The van der Waals surface area contributed by atoms with E-state index in [1.54, 1.807) is 12.3 Å². The molecule has 4 heteroatoms. The molecule has 0 spiro atoms. The fourth-order valence-electron chi connectivity index (χ4n) is 2.06. The minimum Gasteiger partial charge on any atom is -0.493 e. The number of nitrogens with zero attached hydrogens (tertiary/aromatic N) is 1. The average Bonchev–Trinajstić information content (AvgIpc) is 2.86. The van der Waals surface area contributed by atoms with Crippen molar-refractivity contribution < 1.29 is 14.6 Å². The summed E-state index contributed by atoms with van der Waals surface area (Å²) >= 11 is 0. The highest BCUT2D eigenvalue weighted by Gasteiger charge is 2.13. The molecule has 0 unspecified atom stereocenters. The fourth-order valence-corrected chi connectivity index (χ4v) is 2.06. The van der Waals surface area contributed by atoms with Gasteiger partial charge in [0.05, 0.1) is 12.2 Å². The highest BCUT2D eigenvalue weighted by atomic mass is 16.5. The molecule has 2 heterocycles. The normalized spacial score (nSPS) is 12.9. The van der Waals surface area contributed by atoms with Crippen molar-refractivity contribution in [2.45, 2.75) is 6.42 Å². The molecule has 1 aromatic carbocycles. The summed E-state index contributed by atoms with van der Waals surface area (Å²) in [4.78, 5) is 14.9. The lowest BCUT2D eigenvalue weighted by Crippen LogP contribution is -1.97. The third-order valence-electron chi connectivity index (χ3n) is 3.01. The predicted octanol–water partition coefficient (Wildman–Crippen LogP) is 2.38. The number of ether oxygens (including phenoxy) is 1. The molecule has 0 saturated carbocycles. The van der Waals surface area contributed by atoms with Crippen molar-refractivity contribution >= 4 is 5.97 Å². The van der Waals surface area contributed by atoms with Crippen molar-refractivity contribution in [3.8, 4) is 16.9 Å². The molecule has 3 rings (SSSR count). The van der Waals surface area contributed by atoms with Crippen LogP contribution in [0, 0.1) is 0 Å². The van der Waals surface area contributed by atoms with Gasteiger partial charge < -0.3 is 9.84 Å². The van der Waals surface area contributed by atoms with Gasteiger partial charge >= 0.3 is 5.97 Å². The smallest absolute Gasteiger partial charge is 0.337 e. The molecule has 2 aromatic rings. The molecule has 0 saturated heterocycles. The molecule has 0 fully saturated rings. The molecule has 0 radical (unpaired) electrons. The maximum absolute atomic E-state index is 10.9. The molecular formula is C14H11NO3. The van der Waals surface area contributed by atoms with E-state index >= 15 is 0 Å². The Labute approximate surface area is 104 Å². The summed E-state index contributed by atoms with van der Waals surface area (Å²) in [6.45, 7) is 0.714. The van der Waals surface area contributed by atoms with Crippen molar-refractivity contribution in [3.05, 3.63) is 47.8 Å². The molecule has 1 aliphatic heterocycles. The molecule has 0 atom stereocenters. The first-order valence-electron chi connectivity index (χ1n) is 5.68. The van der Waals surface area contributed by atoms with E-state index in [-0.39, 0.29) is 5.56 Å². The summed E-state index contributed by atoms with van der Waals surface area (Å²) in [5.74, 6) is -0.0880. The number of carboxylic acid groups (broad SMARTS) is 1. The van der Waals surface area contributed by atoms with Gasteiger partial charge in [-0.2, -0.15) is 0 Å². The summed E-state index contributed by atoms with van der Waals surface area (Å²) in [7, 11) is 0. The second-order valence-corrected chi connectivity index (χ2v) is 4.19. The minimum atomic E-state index is -0.971. The second-order valence-electron chi connectivity index (χ2n) is 4.19. The SMILES string of the molecule is O=C(O)c1cncc(-c2ccc3c(c2)OCC3)c1. The maximum atomic E-state index is 10.9. The third kappa shape index (κ3) is 1.82. The Morgan fingerprint density at radius 1 is 1.22 bits per heavy atom. The number of rotatable bonds is 2. The third-order valence-corrected chi connectivity index (χ3v) is 3.01. The van der Waals surface area contributed by atoms with Crippen LogP contribution in [0.2, 0.25) is 0 Å². The topological polar surface area (TPSA) is 59.4 Å². The van der Waals surface area contributed by atoms with Crippen LogP contribution in [0.3, 0.4) is 0 Å². The summed E-state index contributed by atoms with van der Waals surface area (Å²) in [6, 6.07) is 7.54. The monoisotopic (exact) mass is 241 g/mol. The van der Waals surface area contributed by atoms with E-state index in [9.17, 15) is 4.79 Å². The molecule has 0 amide bonds. The van der Waals surface area contributed by atoms with Gasteiger partial charge in [-0.05, 0) is 23.3 Å². The lowest BCUT2D eigenvalue weighted by atomic mass is 10.0. The standard InChI is InChI=1S/C14H11NO3/c16-14(17)12-5-11(7-15-8-12)10-2-1-9-3-4-18-13(9)6-10/h1-2,5-8H,3-4H2,(H,16,17). The van der Waals surface area contributed by atoms with E-state index in [0.29, 0.717) is 6.61 Å². The first kappa shape index (κ1) is 10.8. The van der Waals surface area contributed by atoms with Crippen molar-refractivity contribution in [1.29, 1.82) is 0 Å². The van der Waals surface area contributed by atoms with Crippen LogP contribution in [-0.4, -0.2) is 22.7 Å². The van der Waals surface area contributed by atoms with E-state index in [0.717, 1.165) is 23.3 Å². The van der Waals surface area contributed by atoms with E-state index < -0.39 is 5.97 Å². The number of hydrogen-bond donors (Lipinski definition) is 1. The predicted molar refractivity (Wildman–Crippen MR) is 65.8 cm³/mol. The van der Waals surface area contributed by atoms with Gasteiger partial charge in [0.2, 0.25) is 0 Å². The zero-order valence-electron chi connectivity index (χ0n) is 9.59. The van der Waals surface area contributed by atoms with Gasteiger partial charge in [-0.25, -0.2) is 4.79 Å². The Balaban J connectivity index is 2.04. The minimum absolute atomic E-state index is 0.189. The van der Waals surface area contributed by atoms with Gasteiger partial charge in [-0.15, -0.1) is 0 Å². The molecule has 1 N–H and O–H groups in total. The van der Waals surface area contributed by atoms with Crippen molar-refractivity contribution in [2.24, 2.45) is 0 Å². The first-order chi connectivity index (χ1) is 8.74.